The van der Waals surface area contributed by atoms with E-state index in [9.17, 15) is 27.7 Å². The van der Waals surface area contributed by atoms with Crippen molar-refractivity contribution in [2.24, 2.45) is 0 Å². The molecule has 0 spiro atoms. The maximum atomic E-state index is 13.5. The van der Waals surface area contributed by atoms with Crippen LogP contribution >= 0.6 is 0 Å². The summed E-state index contributed by atoms with van der Waals surface area (Å²) in [6.45, 7) is 0. The van der Waals surface area contributed by atoms with Crippen LogP contribution in [0.2, 0.25) is 0 Å². The van der Waals surface area contributed by atoms with Gasteiger partial charge in [-0.15, -0.1) is 0 Å². The fraction of sp³-hybridized carbons (Fsp3) is 0. The van der Waals surface area contributed by atoms with Crippen LogP contribution in [0.3, 0.4) is 0 Å². The van der Waals surface area contributed by atoms with Crippen LogP contribution in [-0.4, -0.2) is 24.5 Å². The molecule has 5 rings (SSSR count). The molecule has 0 amide bonds. The second-order valence-corrected chi connectivity index (χ2v) is 9.23. The molecule has 10 heteroatoms. The SMILES string of the molecule is O=C1C(Nc2ccccc2S(=O)(=O)O)=CC(=O)c2c1c([O-])c1ccccc1c2Nc1ccccc1.[Na+]. The van der Waals surface area contributed by atoms with E-state index < -0.39 is 32.3 Å². The Hall–Kier alpha value is -3.47. The Balaban J connectivity index is 0.00000304. The summed E-state index contributed by atoms with van der Waals surface area (Å²) in [7, 11) is -4.61. The smallest absolute Gasteiger partial charge is 0.872 e. The second kappa shape index (κ2) is 9.88. The fourth-order valence-corrected chi connectivity index (χ4v) is 4.75. The molecule has 174 valence electrons. The number of carbonyl (C=O) groups is 2. The van der Waals surface area contributed by atoms with Crippen molar-refractivity contribution in [2.75, 3.05) is 10.6 Å². The molecule has 0 saturated heterocycles. The van der Waals surface area contributed by atoms with Gasteiger partial charge in [0.25, 0.3) is 10.1 Å². The molecule has 0 aliphatic heterocycles. The first kappa shape index (κ1) is 25.6. The van der Waals surface area contributed by atoms with E-state index in [1.54, 1.807) is 48.5 Å². The Morgan fingerprint density at radius 1 is 0.750 bits per heavy atom. The van der Waals surface area contributed by atoms with Crippen molar-refractivity contribution in [3.05, 3.63) is 102 Å². The molecule has 0 unspecified atom stereocenters. The van der Waals surface area contributed by atoms with Gasteiger partial charge in [-0.3, -0.25) is 14.1 Å². The number of hydrogen-bond acceptors (Lipinski definition) is 7. The van der Waals surface area contributed by atoms with Crippen molar-refractivity contribution in [2.45, 2.75) is 4.90 Å². The molecule has 0 radical (unpaired) electrons. The van der Waals surface area contributed by atoms with Crippen molar-refractivity contribution in [3.63, 3.8) is 0 Å². The maximum Gasteiger partial charge on any atom is 1.00 e. The van der Waals surface area contributed by atoms with Crippen LogP contribution in [0.5, 0.6) is 5.75 Å². The van der Waals surface area contributed by atoms with E-state index in [4.69, 9.17) is 0 Å². The summed E-state index contributed by atoms with van der Waals surface area (Å²) in [5.41, 5.74) is 0.220. The van der Waals surface area contributed by atoms with Gasteiger partial charge in [-0.25, -0.2) is 0 Å². The van der Waals surface area contributed by atoms with Crippen LogP contribution in [0, 0.1) is 0 Å². The Kier molecular flexibility index (Phi) is 7.03. The summed E-state index contributed by atoms with van der Waals surface area (Å²) in [5.74, 6) is -1.98. The third-order valence-electron chi connectivity index (χ3n) is 5.64. The van der Waals surface area contributed by atoms with Gasteiger partial charge < -0.3 is 15.7 Å². The minimum absolute atomic E-state index is 0. The van der Waals surface area contributed by atoms with E-state index in [1.165, 1.54) is 18.2 Å². The van der Waals surface area contributed by atoms with Crippen LogP contribution in [0.4, 0.5) is 17.1 Å². The Labute approximate surface area is 228 Å². The molecule has 36 heavy (non-hydrogen) atoms. The Morgan fingerprint density at radius 2 is 1.36 bits per heavy atom. The van der Waals surface area contributed by atoms with Crippen LogP contribution < -0.4 is 45.3 Å². The van der Waals surface area contributed by atoms with Gasteiger partial charge in [0.1, 0.15) is 4.90 Å². The second-order valence-electron chi connectivity index (χ2n) is 7.84. The van der Waals surface area contributed by atoms with Gasteiger partial charge in [0.05, 0.1) is 22.6 Å². The fourth-order valence-electron chi connectivity index (χ4n) is 4.10. The Bertz CT molecular complexity index is 1670. The van der Waals surface area contributed by atoms with Gasteiger partial charge in [0.2, 0.25) is 5.78 Å². The van der Waals surface area contributed by atoms with Gasteiger partial charge in [-0.05, 0) is 29.7 Å². The number of Topliss-reactive ketones (excluding diaryl/α,β-unsaturated/α-hetero) is 1. The van der Waals surface area contributed by atoms with Crippen LogP contribution in [0.1, 0.15) is 20.7 Å². The largest absolute Gasteiger partial charge is 1.00 e. The van der Waals surface area contributed by atoms with Crippen LogP contribution in [0.15, 0.2) is 95.5 Å². The van der Waals surface area contributed by atoms with Gasteiger partial charge >= 0.3 is 29.6 Å². The summed E-state index contributed by atoms with van der Waals surface area (Å²) in [6, 6.07) is 21.1. The molecular formula is C26H17N2NaO6S. The zero-order valence-electron chi connectivity index (χ0n) is 19.0. The van der Waals surface area contributed by atoms with E-state index in [0.29, 0.717) is 16.8 Å². The molecule has 0 saturated carbocycles. The van der Waals surface area contributed by atoms with Crippen LogP contribution in [-0.2, 0) is 10.1 Å². The summed E-state index contributed by atoms with van der Waals surface area (Å²) in [4.78, 5) is 26.3. The number of rotatable bonds is 5. The molecule has 4 aromatic rings. The van der Waals surface area contributed by atoms with E-state index in [2.05, 4.69) is 10.6 Å². The summed E-state index contributed by atoms with van der Waals surface area (Å²) < 4.78 is 33.0. The summed E-state index contributed by atoms with van der Waals surface area (Å²) in [5, 5.41) is 19.9. The average Bonchev–Trinajstić information content (AvgIpc) is 2.84. The first-order chi connectivity index (χ1) is 16.8. The normalized spacial score (nSPS) is 13.0. The van der Waals surface area contributed by atoms with Crippen molar-refractivity contribution >= 4 is 49.5 Å². The van der Waals surface area contributed by atoms with Gasteiger partial charge in [0.15, 0.2) is 5.78 Å². The number of anilines is 3. The number of benzene rings is 4. The van der Waals surface area contributed by atoms with Crippen LogP contribution in [0.25, 0.3) is 10.8 Å². The summed E-state index contributed by atoms with van der Waals surface area (Å²) >= 11 is 0. The molecule has 4 aromatic carbocycles. The van der Waals surface area contributed by atoms with Crippen molar-refractivity contribution in [1.29, 1.82) is 0 Å². The molecule has 3 N–H and O–H groups in total. The van der Waals surface area contributed by atoms with Crippen molar-refractivity contribution in [1.82, 2.24) is 0 Å². The first-order valence-corrected chi connectivity index (χ1v) is 11.9. The molecule has 0 atom stereocenters. The molecule has 0 bridgehead atoms. The maximum absolute atomic E-state index is 13.5. The standard InChI is InChI=1S/C26H18N2O6S.Na/c29-20-14-19(28-18-12-6-7-13-21(18)35(32,33)34)26(31)23-22(20)24(27-15-8-2-1-3-9-15)16-10-4-5-11-17(16)25(23)30;/h1-14,27-28,30H,(H,32,33,34);/q;+1/p-1. The Morgan fingerprint density at radius 3 is 2.06 bits per heavy atom. The zero-order chi connectivity index (χ0) is 24.7. The van der Waals surface area contributed by atoms with Gasteiger partial charge in [-0.2, -0.15) is 8.42 Å². The number of carbonyl (C=O) groups excluding carboxylic acids is 2. The number of fused-ring (bicyclic) bond motifs is 2. The van der Waals surface area contributed by atoms with Gasteiger partial charge in [0, 0.05) is 22.7 Å². The number of nitrogens with one attached hydrogen (secondary N) is 2. The molecule has 1 aliphatic rings. The molecule has 0 aromatic heterocycles. The third-order valence-corrected chi connectivity index (χ3v) is 6.55. The molecule has 8 nitrogen and oxygen atoms in total. The third kappa shape index (κ3) is 4.55. The predicted octanol–water partition coefficient (Wildman–Crippen LogP) is 1.28. The molecule has 0 fully saturated rings. The van der Waals surface area contributed by atoms with Crippen molar-refractivity contribution < 1.29 is 57.2 Å². The van der Waals surface area contributed by atoms with E-state index in [-0.39, 0.29) is 57.5 Å². The zero-order valence-corrected chi connectivity index (χ0v) is 21.8. The molecule has 1 aliphatic carbocycles. The first-order valence-electron chi connectivity index (χ1n) is 10.5. The van der Waals surface area contributed by atoms with Gasteiger partial charge in [-0.1, -0.05) is 60.3 Å². The minimum atomic E-state index is -4.61. The number of allylic oxidation sites excluding steroid dienone is 2. The predicted molar refractivity (Wildman–Crippen MR) is 130 cm³/mol. The van der Waals surface area contributed by atoms with E-state index in [1.807, 2.05) is 6.07 Å². The topological polar surface area (TPSA) is 136 Å². The summed E-state index contributed by atoms with van der Waals surface area (Å²) in [6.07, 6.45) is 1.02. The monoisotopic (exact) mass is 508 g/mol. The number of hydrogen-bond donors (Lipinski definition) is 3. The van der Waals surface area contributed by atoms with E-state index in [0.717, 1.165) is 12.1 Å². The average molecular weight is 508 g/mol. The van der Waals surface area contributed by atoms with Crippen molar-refractivity contribution in [3.8, 4) is 5.75 Å². The molecular weight excluding hydrogens is 491 g/mol. The number of para-hydroxylation sites is 2. The quantitative estimate of drug-likeness (QED) is 0.271. The minimum Gasteiger partial charge on any atom is -0.872 e. The number of ketones is 2. The van der Waals surface area contributed by atoms with E-state index >= 15 is 0 Å². The molecule has 0 heterocycles.